The summed E-state index contributed by atoms with van der Waals surface area (Å²) in [5.41, 5.74) is 5.53. The van der Waals surface area contributed by atoms with Gasteiger partial charge in [-0.05, 0) is 60.1 Å². The van der Waals surface area contributed by atoms with Crippen molar-refractivity contribution in [2.75, 3.05) is 5.32 Å². The quantitative estimate of drug-likeness (QED) is 0.856. The largest absolute Gasteiger partial charge is 0.481 e. The van der Waals surface area contributed by atoms with Gasteiger partial charge in [-0.1, -0.05) is 30.3 Å². The van der Waals surface area contributed by atoms with Gasteiger partial charge in [0, 0.05) is 12.1 Å². The van der Waals surface area contributed by atoms with E-state index in [1.54, 1.807) is 0 Å². The van der Waals surface area contributed by atoms with Crippen molar-refractivity contribution in [1.29, 1.82) is 0 Å². The molecule has 4 heteroatoms. The number of hydrogen-bond donors (Lipinski definition) is 2. The van der Waals surface area contributed by atoms with Crippen molar-refractivity contribution < 1.29 is 14.7 Å². The van der Waals surface area contributed by atoms with Gasteiger partial charge in [0.2, 0.25) is 5.91 Å². The molecule has 1 aliphatic rings. The molecule has 0 radical (unpaired) electrons. The second-order valence-electron chi connectivity index (χ2n) is 6.27. The summed E-state index contributed by atoms with van der Waals surface area (Å²) >= 11 is 0. The number of rotatable bonds is 6. The van der Waals surface area contributed by atoms with Gasteiger partial charge >= 0.3 is 5.97 Å². The Bertz CT molecular complexity index is 750. The zero-order valence-corrected chi connectivity index (χ0v) is 13.5. The average molecular weight is 323 g/mol. The Labute approximate surface area is 141 Å². The van der Waals surface area contributed by atoms with Crippen molar-refractivity contribution in [2.24, 2.45) is 0 Å². The van der Waals surface area contributed by atoms with Crippen LogP contribution in [0.25, 0.3) is 0 Å². The molecular formula is C20H21NO3. The maximum atomic E-state index is 12.2. The van der Waals surface area contributed by atoms with Crippen LogP contribution in [0.5, 0.6) is 0 Å². The van der Waals surface area contributed by atoms with Gasteiger partial charge in [-0.3, -0.25) is 9.59 Å². The molecule has 0 aliphatic heterocycles. The molecule has 3 rings (SSSR count). The van der Waals surface area contributed by atoms with Crippen molar-refractivity contribution in [3.63, 3.8) is 0 Å². The minimum absolute atomic E-state index is 0.0359. The van der Waals surface area contributed by atoms with Crippen LogP contribution in [0, 0.1) is 0 Å². The summed E-state index contributed by atoms with van der Waals surface area (Å²) in [4.78, 5) is 22.8. The number of carbonyl (C=O) groups excluding carboxylic acids is 1. The molecule has 124 valence electrons. The van der Waals surface area contributed by atoms with Gasteiger partial charge in [0.1, 0.15) is 0 Å². The van der Waals surface area contributed by atoms with Gasteiger partial charge in [-0.15, -0.1) is 0 Å². The van der Waals surface area contributed by atoms with Gasteiger partial charge in [-0.2, -0.15) is 0 Å². The first-order chi connectivity index (χ1) is 11.6. The van der Waals surface area contributed by atoms with E-state index < -0.39 is 5.97 Å². The molecule has 0 saturated carbocycles. The van der Waals surface area contributed by atoms with E-state index in [1.165, 1.54) is 17.5 Å². The van der Waals surface area contributed by atoms with Crippen LogP contribution in [-0.2, 0) is 35.3 Å². The molecule has 4 nitrogen and oxygen atoms in total. The molecule has 0 bridgehead atoms. The summed E-state index contributed by atoms with van der Waals surface area (Å²) in [7, 11) is 0. The fourth-order valence-corrected chi connectivity index (χ4v) is 3.13. The van der Waals surface area contributed by atoms with Crippen LogP contribution in [0.2, 0.25) is 0 Å². The number of hydrogen-bond acceptors (Lipinski definition) is 2. The lowest BCUT2D eigenvalue weighted by Gasteiger charge is -2.08. The third kappa shape index (κ3) is 4.22. The number of aryl methyl sites for hydroxylation is 3. The fourth-order valence-electron chi connectivity index (χ4n) is 3.13. The number of fused-ring (bicyclic) bond motifs is 1. The van der Waals surface area contributed by atoms with Gasteiger partial charge in [0.25, 0.3) is 0 Å². The van der Waals surface area contributed by atoms with Crippen LogP contribution >= 0.6 is 0 Å². The molecule has 2 N–H and O–H groups in total. The molecule has 1 amide bonds. The van der Waals surface area contributed by atoms with E-state index in [0.29, 0.717) is 12.8 Å². The Morgan fingerprint density at radius 2 is 1.67 bits per heavy atom. The predicted molar refractivity (Wildman–Crippen MR) is 93.2 cm³/mol. The van der Waals surface area contributed by atoms with Crippen molar-refractivity contribution in [3.05, 3.63) is 64.7 Å². The molecule has 0 heterocycles. The summed E-state index contributed by atoms with van der Waals surface area (Å²) in [6.45, 7) is 0. The van der Waals surface area contributed by atoms with E-state index in [9.17, 15) is 9.59 Å². The summed E-state index contributed by atoms with van der Waals surface area (Å²) in [6.07, 6.45) is 4.45. The minimum Gasteiger partial charge on any atom is -0.481 e. The van der Waals surface area contributed by atoms with Crippen LogP contribution < -0.4 is 5.32 Å². The molecule has 0 saturated heterocycles. The maximum Gasteiger partial charge on any atom is 0.303 e. The van der Waals surface area contributed by atoms with Crippen LogP contribution in [0.3, 0.4) is 0 Å². The first kappa shape index (κ1) is 16.2. The molecule has 0 atom stereocenters. The first-order valence-corrected chi connectivity index (χ1v) is 8.31. The Morgan fingerprint density at radius 1 is 0.958 bits per heavy atom. The number of aliphatic carboxylic acids is 1. The predicted octanol–water partition coefficient (Wildman–Crippen LogP) is 3.37. The Balaban J connectivity index is 1.55. The van der Waals surface area contributed by atoms with Crippen LogP contribution in [0.1, 0.15) is 35.1 Å². The summed E-state index contributed by atoms with van der Waals surface area (Å²) in [5, 5.41) is 11.6. The highest BCUT2D eigenvalue weighted by molar-refractivity contribution is 5.92. The third-order valence-corrected chi connectivity index (χ3v) is 4.39. The number of carboxylic acid groups (broad SMARTS) is 1. The summed E-state index contributed by atoms with van der Waals surface area (Å²) < 4.78 is 0. The van der Waals surface area contributed by atoms with Gasteiger partial charge < -0.3 is 10.4 Å². The van der Waals surface area contributed by atoms with E-state index in [0.717, 1.165) is 29.7 Å². The second-order valence-corrected chi connectivity index (χ2v) is 6.27. The summed E-state index contributed by atoms with van der Waals surface area (Å²) in [5.74, 6) is -0.840. The lowest BCUT2D eigenvalue weighted by molar-refractivity contribution is -0.137. The normalized spacial score (nSPS) is 12.7. The fraction of sp³-hybridized carbons (Fsp3) is 0.300. The third-order valence-electron chi connectivity index (χ3n) is 4.39. The topological polar surface area (TPSA) is 66.4 Å². The van der Waals surface area contributed by atoms with E-state index in [-0.39, 0.29) is 12.3 Å². The Morgan fingerprint density at radius 3 is 2.42 bits per heavy atom. The second kappa shape index (κ2) is 7.30. The molecule has 2 aromatic rings. The van der Waals surface area contributed by atoms with E-state index in [1.807, 2.05) is 30.3 Å². The summed E-state index contributed by atoms with van der Waals surface area (Å²) in [6, 6.07) is 13.7. The highest BCUT2D eigenvalue weighted by atomic mass is 16.4. The zero-order valence-electron chi connectivity index (χ0n) is 13.5. The number of carboxylic acids is 1. The van der Waals surface area contributed by atoms with Crippen molar-refractivity contribution in [2.45, 2.75) is 38.5 Å². The first-order valence-electron chi connectivity index (χ1n) is 8.31. The molecule has 1 aliphatic carbocycles. The zero-order chi connectivity index (χ0) is 16.9. The molecular weight excluding hydrogens is 302 g/mol. The van der Waals surface area contributed by atoms with Crippen LogP contribution in [0.15, 0.2) is 42.5 Å². The van der Waals surface area contributed by atoms with E-state index in [4.69, 9.17) is 5.11 Å². The van der Waals surface area contributed by atoms with Gasteiger partial charge in [0.05, 0.1) is 6.42 Å². The monoisotopic (exact) mass is 323 g/mol. The SMILES string of the molecule is O=C(O)CCc1ccc(NC(=O)Cc2ccc3c(c2)CCC3)cc1. The smallest absolute Gasteiger partial charge is 0.303 e. The van der Waals surface area contributed by atoms with Crippen LogP contribution in [0.4, 0.5) is 5.69 Å². The lowest BCUT2D eigenvalue weighted by Crippen LogP contribution is -2.14. The molecule has 0 unspecified atom stereocenters. The number of carbonyl (C=O) groups is 2. The molecule has 0 aromatic heterocycles. The Hall–Kier alpha value is -2.62. The average Bonchev–Trinajstić information content (AvgIpc) is 3.01. The van der Waals surface area contributed by atoms with Crippen molar-refractivity contribution in [3.8, 4) is 0 Å². The van der Waals surface area contributed by atoms with Gasteiger partial charge in [0.15, 0.2) is 0 Å². The highest BCUT2D eigenvalue weighted by Gasteiger charge is 2.12. The highest BCUT2D eigenvalue weighted by Crippen LogP contribution is 2.23. The van der Waals surface area contributed by atoms with E-state index >= 15 is 0 Å². The van der Waals surface area contributed by atoms with Crippen molar-refractivity contribution >= 4 is 17.6 Å². The Kier molecular flexibility index (Phi) is 4.94. The van der Waals surface area contributed by atoms with Crippen LogP contribution in [-0.4, -0.2) is 17.0 Å². The molecule has 0 spiro atoms. The molecule has 2 aromatic carbocycles. The molecule has 0 fully saturated rings. The van der Waals surface area contributed by atoms with Gasteiger partial charge in [-0.25, -0.2) is 0 Å². The van der Waals surface area contributed by atoms with Crippen molar-refractivity contribution in [1.82, 2.24) is 0 Å². The molecule has 24 heavy (non-hydrogen) atoms. The maximum absolute atomic E-state index is 12.2. The number of amides is 1. The number of anilines is 1. The standard InChI is InChI=1S/C20H21NO3/c22-19(13-15-4-8-16-2-1-3-17(16)12-15)21-18-9-5-14(6-10-18)7-11-20(23)24/h4-6,8-10,12H,1-3,7,11,13H2,(H,21,22)(H,23,24). The lowest BCUT2D eigenvalue weighted by atomic mass is 10.0. The minimum atomic E-state index is -0.804. The number of nitrogens with one attached hydrogen (secondary N) is 1. The number of benzene rings is 2. The van der Waals surface area contributed by atoms with E-state index in [2.05, 4.69) is 17.4 Å².